The third-order valence-electron chi connectivity index (χ3n) is 6.80. The number of carbonyl (C=O) groups is 2. The molecule has 0 unspecified atom stereocenters. The van der Waals surface area contributed by atoms with Crippen molar-refractivity contribution in [2.75, 3.05) is 11.9 Å². The number of nitrogens with zero attached hydrogens (tertiary/aromatic N) is 1. The highest BCUT2D eigenvalue weighted by Gasteiger charge is 2.34. The lowest BCUT2D eigenvalue weighted by molar-refractivity contribution is -0.134. The molecular weight excluding hydrogens is 482 g/mol. The Morgan fingerprint density at radius 3 is 2.49 bits per heavy atom. The minimum Gasteiger partial charge on any atom is -0.478 e. The van der Waals surface area contributed by atoms with Gasteiger partial charge in [0, 0.05) is 43.3 Å². The van der Waals surface area contributed by atoms with Gasteiger partial charge in [-0.3, -0.25) is 9.59 Å². The Hall–Kier alpha value is -3.32. The fraction of sp³-hybridized carbons (Fsp3) is 0.400. The maximum absolute atomic E-state index is 13.1. The summed E-state index contributed by atoms with van der Waals surface area (Å²) in [5, 5.41) is 10.6. The van der Waals surface area contributed by atoms with Gasteiger partial charge < -0.3 is 20.3 Å². The molecule has 0 radical (unpaired) electrons. The zero-order chi connectivity index (χ0) is 25.8. The van der Waals surface area contributed by atoms with Gasteiger partial charge in [0.05, 0.1) is 0 Å². The van der Waals surface area contributed by atoms with Crippen molar-refractivity contribution in [2.24, 2.45) is 0 Å². The number of nitrogens with one attached hydrogen (secondary N) is 2. The molecule has 2 aliphatic carbocycles. The van der Waals surface area contributed by atoms with E-state index < -0.39 is 5.60 Å². The van der Waals surface area contributed by atoms with E-state index in [0.717, 1.165) is 36.9 Å². The molecule has 0 spiro atoms. The molecule has 0 aliphatic heterocycles. The predicted octanol–water partition coefficient (Wildman–Crippen LogP) is 5.84. The van der Waals surface area contributed by atoms with E-state index >= 15 is 0 Å². The molecule has 0 saturated heterocycles. The van der Waals surface area contributed by atoms with Gasteiger partial charge in [0.15, 0.2) is 5.60 Å². The second-order valence-electron chi connectivity index (χ2n) is 10.5. The van der Waals surface area contributed by atoms with E-state index in [0.29, 0.717) is 37.3 Å². The molecule has 2 aromatic carbocycles. The van der Waals surface area contributed by atoms with E-state index in [4.69, 9.17) is 4.74 Å². The highest BCUT2D eigenvalue weighted by atomic mass is 32.1. The van der Waals surface area contributed by atoms with Gasteiger partial charge in [-0.15, -0.1) is 0 Å². The lowest BCUT2D eigenvalue weighted by atomic mass is 10.1. The number of amides is 2. The van der Waals surface area contributed by atoms with Crippen LogP contribution in [0.25, 0.3) is 11.1 Å². The van der Waals surface area contributed by atoms with Crippen molar-refractivity contribution in [3.8, 4) is 16.9 Å². The summed E-state index contributed by atoms with van der Waals surface area (Å²) >= 11 is 1.70. The first-order valence-electron chi connectivity index (χ1n) is 13.1. The molecule has 5 rings (SSSR count). The van der Waals surface area contributed by atoms with E-state index in [1.165, 1.54) is 11.1 Å². The van der Waals surface area contributed by atoms with Gasteiger partial charge in [-0.25, -0.2) is 0 Å². The number of hydrogen-bond donors (Lipinski definition) is 2. The lowest BCUT2D eigenvalue weighted by Crippen LogP contribution is -2.47. The molecular formula is C30H35N3O3S. The smallest absolute Gasteiger partial charge is 0.263 e. The fourth-order valence-corrected chi connectivity index (χ4v) is 4.95. The quantitative estimate of drug-likeness (QED) is 0.316. The second kappa shape index (κ2) is 11.0. The zero-order valence-electron chi connectivity index (χ0n) is 21.5. The predicted molar refractivity (Wildman–Crippen MR) is 149 cm³/mol. The minimum atomic E-state index is -0.955. The summed E-state index contributed by atoms with van der Waals surface area (Å²) in [4.78, 5) is 27.6. The van der Waals surface area contributed by atoms with E-state index in [-0.39, 0.29) is 11.8 Å². The monoisotopic (exact) mass is 517 g/mol. The number of hydrogen-bond acceptors (Lipinski definition) is 5. The highest BCUT2D eigenvalue weighted by molar-refractivity contribution is 7.08. The van der Waals surface area contributed by atoms with E-state index in [9.17, 15) is 9.59 Å². The number of carbonyl (C=O) groups excluding carboxylic acids is 2. The van der Waals surface area contributed by atoms with Crippen LogP contribution in [0, 0.1) is 0 Å². The first-order chi connectivity index (χ1) is 17.9. The molecule has 1 aromatic heterocycles. The van der Waals surface area contributed by atoms with Crippen LogP contribution in [0.15, 0.2) is 65.4 Å². The second-order valence-corrected chi connectivity index (χ2v) is 11.3. The number of anilines is 1. The first-order valence-corrected chi connectivity index (χ1v) is 14.1. The minimum absolute atomic E-state index is 0.0970. The Kier molecular flexibility index (Phi) is 7.51. The summed E-state index contributed by atoms with van der Waals surface area (Å²) in [6.07, 6.45) is 4.66. The average molecular weight is 518 g/mol. The van der Waals surface area contributed by atoms with Crippen LogP contribution >= 0.6 is 11.3 Å². The summed E-state index contributed by atoms with van der Waals surface area (Å²) in [7, 11) is 0. The molecule has 2 aliphatic rings. The van der Waals surface area contributed by atoms with Crippen molar-refractivity contribution < 1.29 is 14.3 Å². The number of ether oxygens (including phenoxy) is 1. The molecule has 0 bridgehead atoms. The standard InChI is InChI=1S/C30H35N3O3S/c1-30(2,29(35)32-24-10-11-24)36-27-5-3-4-25(18-27)31-16-14-28(34)33(26-12-13-26)19-21-6-8-22(9-7-21)23-15-17-37-20-23/h3-9,15,17-18,20,24,26,31H,10-14,16,19H2,1-2H3,(H,32,35). The van der Waals surface area contributed by atoms with Crippen molar-refractivity contribution in [2.45, 2.75) is 70.2 Å². The Bertz CT molecular complexity index is 1220. The van der Waals surface area contributed by atoms with Gasteiger partial charge in [0.1, 0.15) is 5.75 Å². The maximum atomic E-state index is 13.1. The molecule has 6 nitrogen and oxygen atoms in total. The molecule has 1 heterocycles. The molecule has 0 atom stereocenters. The zero-order valence-corrected chi connectivity index (χ0v) is 22.4. The summed E-state index contributed by atoms with van der Waals surface area (Å²) in [6.45, 7) is 4.75. The van der Waals surface area contributed by atoms with Gasteiger partial charge in [-0.1, -0.05) is 30.3 Å². The van der Waals surface area contributed by atoms with Crippen molar-refractivity contribution >= 4 is 28.8 Å². The number of rotatable bonds is 12. The van der Waals surface area contributed by atoms with Crippen LogP contribution in [-0.2, 0) is 16.1 Å². The molecule has 2 saturated carbocycles. The van der Waals surface area contributed by atoms with Crippen LogP contribution in [0.2, 0.25) is 0 Å². The maximum Gasteiger partial charge on any atom is 0.263 e. The number of thiophene rings is 1. The van der Waals surface area contributed by atoms with Gasteiger partial charge in [0.2, 0.25) is 5.91 Å². The molecule has 7 heteroatoms. The Morgan fingerprint density at radius 1 is 1.03 bits per heavy atom. The Balaban J connectivity index is 1.12. The summed E-state index contributed by atoms with van der Waals surface area (Å²) in [5.41, 5.74) is 3.51. The third-order valence-corrected chi connectivity index (χ3v) is 7.49. The third kappa shape index (κ3) is 6.92. The van der Waals surface area contributed by atoms with Crippen LogP contribution in [0.5, 0.6) is 5.75 Å². The van der Waals surface area contributed by atoms with Crippen molar-refractivity contribution in [1.82, 2.24) is 10.2 Å². The normalized spacial score (nSPS) is 15.2. The summed E-state index contributed by atoms with van der Waals surface area (Å²) in [6, 6.07) is 18.9. The van der Waals surface area contributed by atoms with Gasteiger partial charge in [-0.05, 0) is 85.2 Å². The van der Waals surface area contributed by atoms with Crippen molar-refractivity contribution in [1.29, 1.82) is 0 Å². The number of benzene rings is 2. The molecule has 2 N–H and O–H groups in total. The van der Waals surface area contributed by atoms with Crippen LogP contribution in [0.1, 0.15) is 51.5 Å². The van der Waals surface area contributed by atoms with Crippen LogP contribution < -0.4 is 15.4 Å². The van der Waals surface area contributed by atoms with Crippen LogP contribution in [-0.4, -0.2) is 40.9 Å². The van der Waals surface area contributed by atoms with E-state index in [1.54, 1.807) is 25.2 Å². The van der Waals surface area contributed by atoms with Crippen LogP contribution in [0.3, 0.4) is 0 Å². The fourth-order valence-electron chi connectivity index (χ4n) is 4.29. The molecule has 194 valence electrons. The molecule has 2 amide bonds. The SMILES string of the molecule is CC(C)(Oc1cccc(NCCC(=O)N(Cc2ccc(-c3ccsc3)cc2)C2CC2)c1)C(=O)NC1CC1. The van der Waals surface area contributed by atoms with Gasteiger partial charge in [-0.2, -0.15) is 11.3 Å². The van der Waals surface area contributed by atoms with E-state index in [2.05, 4.69) is 51.7 Å². The van der Waals surface area contributed by atoms with Crippen molar-refractivity contribution in [3.05, 3.63) is 70.9 Å². The Morgan fingerprint density at radius 2 is 1.81 bits per heavy atom. The molecule has 3 aromatic rings. The first kappa shape index (κ1) is 25.3. The summed E-state index contributed by atoms with van der Waals surface area (Å²) in [5.74, 6) is 0.695. The van der Waals surface area contributed by atoms with Crippen LogP contribution in [0.4, 0.5) is 5.69 Å². The molecule has 2 fully saturated rings. The highest BCUT2D eigenvalue weighted by Crippen LogP contribution is 2.30. The van der Waals surface area contributed by atoms with E-state index in [1.807, 2.05) is 29.2 Å². The van der Waals surface area contributed by atoms with Gasteiger partial charge in [0.25, 0.3) is 5.91 Å². The lowest BCUT2D eigenvalue weighted by Gasteiger charge is -2.25. The van der Waals surface area contributed by atoms with Gasteiger partial charge >= 0.3 is 0 Å². The molecule has 37 heavy (non-hydrogen) atoms. The summed E-state index contributed by atoms with van der Waals surface area (Å²) < 4.78 is 6.01. The largest absolute Gasteiger partial charge is 0.478 e. The average Bonchev–Trinajstić information content (AvgIpc) is 3.82. The van der Waals surface area contributed by atoms with Crippen molar-refractivity contribution in [3.63, 3.8) is 0 Å². The Labute approximate surface area is 223 Å². The topological polar surface area (TPSA) is 70.7 Å².